The normalized spacial score (nSPS) is 20.0. The third kappa shape index (κ3) is 5.54. The van der Waals surface area contributed by atoms with Gasteiger partial charge in [-0.15, -0.1) is 11.8 Å². The molecule has 0 bridgehead atoms. The van der Waals surface area contributed by atoms with E-state index in [4.69, 9.17) is 4.74 Å². The monoisotopic (exact) mass is 516 g/mol. The largest absolute Gasteiger partial charge is 0.487 e. The lowest BCUT2D eigenvalue weighted by atomic mass is 9.84. The fraction of sp³-hybridized carbons (Fsp3) is 0.519. The number of sulfonamides is 1. The summed E-state index contributed by atoms with van der Waals surface area (Å²) < 4.78 is 36.5. The van der Waals surface area contributed by atoms with E-state index in [9.17, 15) is 13.2 Å². The van der Waals surface area contributed by atoms with Crippen LogP contribution in [0.1, 0.15) is 80.8 Å². The third-order valence-corrected chi connectivity index (χ3v) is 9.65. The van der Waals surface area contributed by atoms with Crippen LogP contribution in [0, 0.1) is 0 Å². The Morgan fingerprint density at radius 2 is 1.77 bits per heavy atom. The van der Waals surface area contributed by atoms with Crippen LogP contribution in [0.25, 0.3) is 0 Å². The standard InChI is InChI=1S/C27H36N2O4S2/c1-4-27(5-2)19-23(21-12-8-9-13-24(21)33-27)28-35(31,32)20-14-15-25(34-3)22(18-20)26(30)29-16-10-6-7-11-17-29/h8-9,12-15,18,23,28H,4-7,10-11,16-17,19H2,1-3H3. The van der Waals surface area contributed by atoms with E-state index >= 15 is 0 Å². The highest BCUT2D eigenvalue weighted by Gasteiger charge is 2.40. The number of hydrogen-bond donors (Lipinski definition) is 1. The molecule has 0 spiro atoms. The Bertz CT molecular complexity index is 1150. The maximum atomic E-state index is 13.6. The summed E-state index contributed by atoms with van der Waals surface area (Å²) in [6.45, 7) is 5.59. The highest BCUT2D eigenvalue weighted by Crippen LogP contribution is 2.43. The van der Waals surface area contributed by atoms with Crippen LogP contribution >= 0.6 is 11.8 Å². The molecule has 0 aliphatic carbocycles. The molecule has 1 fully saturated rings. The molecular weight excluding hydrogens is 480 g/mol. The number of carbonyl (C=O) groups is 1. The molecular formula is C27H36N2O4S2. The number of carbonyl (C=O) groups excluding carboxylic acids is 1. The van der Waals surface area contributed by atoms with Gasteiger partial charge in [0.15, 0.2) is 0 Å². The molecule has 1 atom stereocenters. The molecule has 0 aromatic heterocycles. The van der Waals surface area contributed by atoms with E-state index in [0.29, 0.717) is 12.0 Å². The van der Waals surface area contributed by atoms with Crippen LogP contribution in [0.2, 0.25) is 0 Å². The average molecular weight is 517 g/mol. The number of likely N-dealkylation sites (tertiary alicyclic amines) is 1. The van der Waals surface area contributed by atoms with Crippen molar-refractivity contribution in [2.24, 2.45) is 0 Å². The number of nitrogens with one attached hydrogen (secondary N) is 1. The number of para-hydroxylation sites is 1. The minimum Gasteiger partial charge on any atom is -0.487 e. The van der Waals surface area contributed by atoms with Gasteiger partial charge in [0.05, 0.1) is 16.5 Å². The fourth-order valence-corrected chi connectivity index (χ4v) is 6.94. The summed E-state index contributed by atoms with van der Waals surface area (Å²) in [5.74, 6) is 0.644. The second kappa shape index (κ2) is 10.9. The van der Waals surface area contributed by atoms with Gasteiger partial charge >= 0.3 is 0 Å². The van der Waals surface area contributed by atoms with Gasteiger partial charge in [0.1, 0.15) is 11.4 Å². The van der Waals surface area contributed by atoms with Gasteiger partial charge in [-0.05, 0) is 56.2 Å². The molecule has 1 unspecified atom stereocenters. The number of fused-ring (bicyclic) bond motifs is 1. The Balaban J connectivity index is 1.66. The van der Waals surface area contributed by atoms with Crippen molar-refractivity contribution in [3.63, 3.8) is 0 Å². The van der Waals surface area contributed by atoms with Gasteiger partial charge in [0.25, 0.3) is 5.91 Å². The molecule has 0 radical (unpaired) electrons. The highest BCUT2D eigenvalue weighted by atomic mass is 32.2. The van der Waals surface area contributed by atoms with Gasteiger partial charge in [0.2, 0.25) is 10.0 Å². The van der Waals surface area contributed by atoms with Gasteiger partial charge in [0, 0.05) is 30.0 Å². The molecule has 1 saturated heterocycles. The zero-order valence-electron chi connectivity index (χ0n) is 20.9. The van der Waals surface area contributed by atoms with Gasteiger partial charge in [-0.2, -0.15) is 0 Å². The maximum absolute atomic E-state index is 13.6. The van der Waals surface area contributed by atoms with E-state index in [2.05, 4.69) is 18.6 Å². The summed E-state index contributed by atoms with van der Waals surface area (Å²) in [4.78, 5) is 16.2. The van der Waals surface area contributed by atoms with Crippen molar-refractivity contribution in [1.29, 1.82) is 0 Å². The molecule has 4 rings (SSSR count). The SMILES string of the molecule is CCC1(CC)CC(NS(=O)(=O)c2ccc(SC)c(C(=O)N3CCCCCC3)c2)c2ccccc2O1. The van der Waals surface area contributed by atoms with Crippen molar-refractivity contribution < 1.29 is 17.9 Å². The lowest BCUT2D eigenvalue weighted by Gasteiger charge is -2.41. The van der Waals surface area contributed by atoms with E-state index in [-0.39, 0.29) is 10.8 Å². The number of benzene rings is 2. The number of rotatable bonds is 7. The van der Waals surface area contributed by atoms with Crippen LogP contribution in [0.5, 0.6) is 5.75 Å². The van der Waals surface area contributed by atoms with E-state index < -0.39 is 21.7 Å². The molecule has 2 aromatic carbocycles. The van der Waals surface area contributed by atoms with E-state index in [1.54, 1.807) is 18.2 Å². The molecule has 0 saturated carbocycles. The number of amides is 1. The quantitative estimate of drug-likeness (QED) is 0.472. The predicted octanol–water partition coefficient (Wildman–Crippen LogP) is 5.79. The zero-order chi connectivity index (χ0) is 25.1. The van der Waals surface area contributed by atoms with Gasteiger partial charge in [-0.3, -0.25) is 4.79 Å². The van der Waals surface area contributed by atoms with E-state index in [1.807, 2.05) is 35.4 Å². The number of ether oxygens (including phenoxy) is 1. The smallest absolute Gasteiger partial charge is 0.255 e. The number of hydrogen-bond acceptors (Lipinski definition) is 5. The molecule has 2 aromatic rings. The van der Waals surface area contributed by atoms with Crippen molar-refractivity contribution in [2.45, 2.75) is 80.2 Å². The predicted molar refractivity (Wildman–Crippen MR) is 141 cm³/mol. The van der Waals surface area contributed by atoms with E-state index in [1.165, 1.54) is 11.8 Å². The molecule has 2 aliphatic rings. The Kier molecular flexibility index (Phi) is 8.13. The summed E-state index contributed by atoms with van der Waals surface area (Å²) in [7, 11) is -3.87. The summed E-state index contributed by atoms with van der Waals surface area (Å²) in [6, 6.07) is 12.1. The Labute approximate surface area is 213 Å². The molecule has 6 nitrogen and oxygen atoms in total. The van der Waals surface area contributed by atoms with Crippen LogP contribution < -0.4 is 9.46 Å². The molecule has 1 amide bonds. The summed E-state index contributed by atoms with van der Waals surface area (Å²) >= 11 is 1.47. The summed E-state index contributed by atoms with van der Waals surface area (Å²) in [5.41, 5.74) is 0.888. The molecule has 8 heteroatoms. The Morgan fingerprint density at radius 1 is 1.09 bits per heavy atom. The van der Waals surface area contributed by atoms with Crippen molar-refractivity contribution >= 4 is 27.7 Å². The Hall–Kier alpha value is -2.03. The van der Waals surface area contributed by atoms with Crippen molar-refractivity contribution in [3.05, 3.63) is 53.6 Å². The topological polar surface area (TPSA) is 75.7 Å². The van der Waals surface area contributed by atoms with E-state index in [0.717, 1.165) is 67.8 Å². The minimum atomic E-state index is -3.87. The van der Waals surface area contributed by atoms with Gasteiger partial charge < -0.3 is 9.64 Å². The minimum absolute atomic E-state index is 0.0827. The summed E-state index contributed by atoms with van der Waals surface area (Å²) in [5, 5.41) is 0. The van der Waals surface area contributed by atoms with Crippen LogP contribution in [0.4, 0.5) is 0 Å². The van der Waals surface area contributed by atoms with Gasteiger partial charge in [-0.1, -0.05) is 44.9 Å². The first-order valence-corrected chi connectivity index (χ1v) is 15.3. The fourth-order valence-electron chi connectivity index (χ4n) is 5.13. The summed E-state index contributed by atoms with van der Waals surface area (Å²) in [6.07, 6.45) is 8.26. The van der Waals surface area contributed by atoms with Crippen LogP contribution in [0.15, 0.2) is 52.3 Å². The third-order valence-electron chi connectivity index (χ3n) is 7.39. The molecule has 1 N–H and O–H groups in total. The molecule has 2 aliphatic heterocycles. The lowest BCUT2D eigenvalue weighted by molar-refractivity contribution is 0.0260. The Morgan fingerprint density at radius 3 is 2.43 bits per heavy atom. The number of thioether (sulfide) groups is 1. The molecule has 190 valence electrons. The first-order chi connectivity index (χ1) is 16.8. The maximum Gasteiger partial charge on any atom is 0.255 e. The molecule has 2 heterocycles. The van der Waals surface area contributed by atoms with Crippen LogP contribution in [0.3, 0.4) is 0 Å². The second-order valence-electron chi connectivity index (χ2n) is 9.48. The van der Waals surface area contributed by atoms with Gasteiger partial charge in [-0.25, -0.2) is 13.1 Å². The first kappa shape index (κ1) is 26.0. The lowest BCUT2D eigenvalue weighted by Crippen LogP contribution is -2.44. The first-order valence-electron chi connectivity index (χ1n) is 12.6. The average Bonchev–Trinajstić information content (AvgIpc) is 3.17. The van der Waals surface area contributed by atoms with Crippen molar-refractivity contribution in [2.75, 3.05) is 19.3 Å². The second-order valence-corrected chi connectivity index (χ2v) is 12.0. The van der Waals surface area contributed by atoms with Crippen LogP contribution in [-0.2, 0) is 10.0 Å². The molecule has 35 heavy (non-hydrogen) atoms. The van der Waals surface area contributed by atoms with Crippen molar-refractivity contribution in [1.82, 2.24) is 9.62 Å². The zero-order valence-corrected chi connectivity index (χ0v) is 22.5. The highest BCUT2D eigenvalue weighted by molar-refractivity contribution is 7.98. The number of nitrogens with zero attached hydrogens (tertiary/aromatic N) is 1. The van der Waals surface area contributed by atoms with Crippen LogP contribution in [-0.4, -0.2) is 44.2 Å². The van der Waals surface area contributed by atoms with Crippen molar-refractivity contribution in [3.8, 4) is 5.75 Å².